The summed E-state index contributed by atoms with van der Waals surface area (Å²) in [6.07, 6.45) is 5.69. The number of amides is 2. The summed E-state index contributed by atoms with van der Waals surface area (Å²) in [6.45, 7) is 16.0. The molecule has 0 unspecified atom stereocenters. The topological polar surface area (TPSA) is 46.6 Å². The highest BCUT2D eigenvalue weighted by Crippen LogP contribution is 2.29. The highest BCUT2D eigenvalue weighted by molar-refractivity contribution is 6.76. The molecule has 0 N–H and O–H groups in total. The third-order valence-corrected chi connectivity index (χ3v) is 4.80. The van der Waals surface area contributed by atoms with Crippen molar-refractivity contribution in [1.82, 2.24) is 4.90 Å². The number of likely N-dealkylation sites (tertiary alicyclic amines) is 1. The lowest BCUT2D eigenvalue weighted by Crippen LogP contribution is -2.42. The van der Waals surface area contributed by atoms with E-state index in [2.05, 4.69) is 32.3 Å². The number of carbonyl (C=O) groups excluding carboxylic acids is 2. The van der Waals surface area contributed by atoms with Crippen LogP contribution in [0, 0.1) is 5.92 Å². The van der Waals surface area contributed by atoms with Crippen molar-refractivity contribution in [3.63, 3.8) is 0 Å². The molecule has 22 heavy (non-hydrogen) atoms. The average Bonchev–Trinajstić information content (AvgIpc) is 2.62. The molecule has 0 aromatic rings. The summed E-state index contributed by atoms with van der Waals surface area (Å²) in [5, 5.41) is 0. The van der Waals surface area contributed by atoms with Crippen LogP contribution in [0.2, 0.25) is 25.7 Å². The molecule has 1 fully saturated rings. The number of imide groups is 1. The number of rotatable bonds is 4. The molecule has 0 saturated carbocycles. The van der Waals surface area contributed by atoms with E-state index in [4.69, 9.17) is 4.74 Å². The number of hydrogen-bond acceptors (Lipinski definition) is 3. The summed E-state index contributed by atoms with van der Waals surface area (Å²) in [5.41, 5.74) is -0.616. The van der Waals surface area contributed by atoms with Gasteiger partial charge in [-0.2, -0.15) is 0 Å². The Bertz CT molecular complexity index is 471. The van der Waals surface area contributed by atoms with Gasteiger partial charge in [0, 0.05) is 8.07 Å². The van der Waals surface area contributed by atoms with Crippen molar-refractivity contribution in [2.75, 3.05) is 0 Å². The third kappa shape index (κ3) is 5.44. The normalized spacial score (nSPS) is 23.2. The van der Waals surface area contributed by atoms with Crippen LogP contribution in [0.5, 0.6) is 0 Å². The number of ether oxygens (including phenoxy) is 1. The molecule has 1 saturated heterocycles. The average molecular weight is 324 g/mol. The van der Waals surface area contributed by atoms with Crippen molar-refractivity contribution < 1.29 is 14.3 Å². The van der Waals surface area contributed by atoms with E-state index in [-0.39, 0.29) is 17.9 Å². The van der Waals surface area contributed by atoms with Crippen LogP contribution in [0.3, 0.4) is 0 Å². The molecule has 0 bridgehead atoms. The molecule has 4 nitrogen and oxygen atoms in total. The molecule has 1 aliphatic heterocycles. The van der Waals surface area contributed by atoms with Crippen molar-refractivity contribution in [2.24, 2.45) is 5.92 Å². The van der Waals surface area contributed by atoms with Gasteiger partial charge in [0.25, 0.3) is 0 Å². The SMILES string of the molecule is C=C[C@H]1C[C@@H](/C=C\C[Si](C)(C)C)C(=O)N1C(=O)OC(C)(C)C. The van der Waals surface area contributed by atoms with Crippen LogP contribution in [-0.4, -0.2) is 36.6 Å². The minimum atomic E-state index is -1.17. The molecule has 1 rings (SSSR count). The molecule has 1 heterocycles. The Hall–Kier alpha value is -1.36. The van der Waals surface area contributed by atoms with Crippen LogP contribution < -0.4 is 0 Å². The zero-order valence-corrected chi connectivity index (χ0v) is 15.7. The first-order chi connectivity index (χ1) is 9.94. The first kappa shape index (κ1) is 18.7. The van der Waals surface area contributed by atoms with Crippen LogP contribution in [0.15, 0.2) is 24.8 Å². The molecule has 2 amide bonds. The largest absolute Gasteiger partial charge is 0.443 e. The summed E-state index contributed by atoms with van der Waals surface area (Å²) in [7, 11) is -1.17. The molecule has 0 radical (unpaired) electrons. The van der Waals surface area contributed by atoms with Gasteiger partial charge in [0.15, 0.2) is 0 Å². The molecule has 0 aromatic carbocycles. The van der Waals surface area contributed by atoms with Gasteiger partial charge < -0.3 is 4.74 Å². The van der Waals surface area contributed by atoms with E-state index in [0.29, 0.717) is 6.42 Å². The summed E-state index contributed by atoms with van der Waals surface area (Å²) >= 11 is 0. The molecule has 124 valence electrons. The monoisotopic (exact) mass is 323 g/mol. The number of allylic oxidation sites excluding steroid dienone is 1. The number of hydrogen-bond donors (Lipinski definition) is 0. The predicted molar refractivity (Wildman–Crippen MR) is 92.5 cm³/mol. The zero-order valence-electron chi connectivity index (χ0n) is 14.7. The van der Waals surface area contributed by atoms with Crippen LogP contribution in [0.4, 0.5) is 4.79 Å². The smallest absolute Gasteiger partial charge is 0.417 e. The Balaban J connectivity index is 2.82. The molecule has 0 aromatic heterocycles. The minimum Gasteiger partial charge on any atom is -0.443 e. The molecule has 0 aliphatic carbocycles. The first-order valence-corrected chi connectivity index (χ1v) is 11.5. The minimum absolute atomic E-state index is 0.189. The maximum Gasteiger partial charge on any atom is 0.417 e. The van der Waals surface area contributed by atoms with Crippen molar-refractivity contribution in [3.05, 3.63) is 24.8 Å². The summed E-state index contributed by atoms with van der Waals surface area (Å²) in [6, 6.07) is 0.742. The van der Waals surface area contributed by atoms with E-state index in [1.54, 1.807) is 26.8 Å². The summed E-state index contributed by atoms with van der Waals surface area (Å²) in [4.78, 5) is 25.9. The Morgan fingerprint density at radius 2 is 2.00 bits per heavy atom. The standard InChI is InChI=1S/C17H29NO3Si/c1-8-14-12-13(10-9-11-22(5,6)7)15(19)18(14)16(20)21-17(2,3)4/h8-10,13-14H,1,11-12H2,2-7H3/b10-9-/t13-,14+/m1/s1. The molecule has 1 aliphatic rings. The lowest BCUT2D eigenvalue weighted by Gasteiger charge is -2.26. The highest BCUT2D eigenvalue weighted by Gasteiger charge is 2.42. The van der Waals surface area contributed by atoms with E-state index < -0.39 is 19.8 Å². The van der Waals surface area contributed by atoms with Gasteiger partial charge in [0.2, 0.25) is 5.91 Å². The van der Waals surface area contributed by atoms with Gasteiger partial charge in [-0.3, -0.25) is 4.79 Å². The highest BCUT2D eigenvalue weighted by atomic mass is 28.3. The van der Waals surface area contributed by atoms with Gasteiger partial charge in [-0.1, -0.05) is 37.9 Å². The molecule has 5 heteroatoms. The third-order valence-electron chi connectivity index (χ3n) is 3.34. The Morgan fingerprint density at radius 1 is 1.41 bits per heavy atom. The van der Waals surface area contributed by atoms with Gasteiger partial charge in [0.1, 0.15) is 5.60 Å². The number of carbonyl (C=O) groups is 2. The van der Waals surface area contributed by atoms with Crippen LogP contribution >= 0.6 is 0 Å². The fraction of sp³-hybridized carbons (Fsp3) is 0.647. The molecule has 0 spiro atoms. The van der Waals surface area contributed by atoms with Gasteiger partial charge in [-0.15, -0.1) is 6.58 Å². The van der Waals surface area contributed by atoms with E-state index in [1.165, 1.54) is 4.90 Å². The molecule has 2 atom stereocenters. The van der Waals surface area contributed by atoms with Gasteiger partial charge >= 0.3 is 6.09 Å². The second kappa shape index (κ2) is 6.81. The van der Waals surface area contributed by atoms with E-state index >= 15 is 0 Å². The predicted octanol–water partition coefficient (Wildman–Crippen LogP) is 4.22. The summed E-state index contributed by atoms with van der Waals surface area (Å²) < 4.78 is 5.33. The zero-order chi connectivity index (χ0) is 17.1. The number of nitrogens with zero attached hydrogens (tertiary/aromatic N) is 1. The van der Waals surface area contributed by atoms with Gasteiger partial charge in [-0.25, -0.2) is 9.69 Å². The van der Waals surface area contributed by atoms with E-state index in [0.717, 1.165) is 6.04 Å². The second-order valence-corrected chi connectivity index (χ2v) is 13.6. The maximum atomic E-state index is 12.5. The second-order valence-electron chi connectivity index (χ2n) is 8.03. The van der Waals surface area contributed by atoms with Crippen LogP contribution in [0.25, 0.3) is 0 Å². The van der Waals surface area contributed by atoms with E-state index in [1.807, 2.05) is 6.08 Å². The van der Waals surface area contributed by atoms with Crippen molar-refractivity contribution in [3.8, 4) is 0 Å². The fourth-order valence-electron chi connectivity index (χ4n) is 2.29. The quantitative estimate of drug-likeness (QED) is 0.575. The van der Waals surface area contributed by atoms with Crippen LogP contribution in [-0.2, 0) is 9.53 Å². The Morgan fingerprint density at radius 3 is 2.45 bits per heavy atom. The Kier molecular flexibility index (Phi) is 5.79. The molecular weight excluding hydrogens is 294 g/mol. The Labute approximate surface area is 135 Å². The molecular formula is C17H29NO3Si. The van der Waals surface area contributed by atoms with Crippen molar-refractivity contribution in [2.45, 2.75) is 64.5 Å². The van der Waals surface area contributed by atoms with Crippen molar-refractivity contribution in [1.29, 1.82) is 0 Å². The first-order valence-electron chi connectivity index (χ1n) is 7.80. The van der Waals surface area contributed by atoms with Gasteiger partial charge in [0.05, 0.1) is 12.0 Å². The fourth-order valence-corrected chi connectivity index (χ4v) is 3.14. The lowest BCUT2D eigenvalue weighted by atomic mass is 10.0. The lowest BCUT2D eigenvalue weighted by molar-refractivity contribution is -0.129. The van der Waals surface area contributed by atoms with E-state index in [9.17, 15) is 9.59 Å². The van der Waals surface area contributed by atoms with Gasteiger partial charge in [-0.05, 0) is 33.2 Å². The van der Waals surface area contributed by atoms with Crippen molar-refractivity contribution >= 4 is 20.1 Å². The van der Waals surface area contributed by atoms with Crippen LogP contribution in [0.1, 0.15) is 27.2 Å². The maximum absolute atomic E-state index is 12.5. The summed E-state index contributed by atoms with van der Waals surface area (Å²) in [5.74, 6) is -0.446.